The molecule has 4 nitrogen and oxygen atoms in total. The standard InChI is InChI=1S/C15H14BrNO3/c1-19-12-5-3-4-10(8-12)15(18)17-13-9-11(16)6-7-14(13)20-2/h3-9H,1-2H3,(H,17,18). The van der Waals surface area contributed by atoms with Crippen LogP contribution in [0, 0.1) is 0 Å². The van der Waals surface area contributed by atoms with Crippen LogP contribution >= 0.6 is 15.9 Å². The molecule has 0 atom stereocenters. The topological polar surface area (TPSA) is 47.6 Å². The highest BCUT2D eigenvalue weighted by Crippen LogP contribution is 2.28. The molecule has 1 N–H and O–H groups in total. The summed E-state index contributed by atoms with van der Waals surface area (Å²) >= 11 is 3.37. The van der Waals surface area contributed by atoms with E-state index < -0.39 is 0 Å². The molecule has 2 rings (SSSR count). The molecule has 0 radical (unpaired) electrons. The first-order valence-corrected chi connectivity index (χ1v) is 6.72. The molecule has 5 heteroatoms. The zero-order valence-electron chi connectivity index (χ0n) is 11.1. The number of hydrogen-bond acceptors (Lipinski definition) is 3. The van der Waals surface area contributed by atoms with E-state index in [9.17, 15) is 4.79 Å². The molecule has 2 aromatic carbocycles. The molecule has 0 saturated carbocycles. The largest absolute Gasteiger partial charge is 0.497 e. The predicted octanol–water partition coefficient (Wildman–Crippen LogP) is 3.72. The Kier molecular flexibility index (Phi) is 4.63. The lowest BCUT2D eigenvalue weighted by atomic mass is 10.2. The number of halogens is 1. The van der Waals surface area contributed by atoms with Crippen molar-refractivity contribution in [2.75, 3.05) is 19.5 Å². The molecule has 20 heavy (non-hydrogen) atoms. The van der Waals surface area contributed by atoms with Gasteiger partial charge in [0.2, 0.25) is 0 Å². The van der Waals surface area contributed by atoms with Crippen molar-refractivity contribution in [2.24, 2.45) is 0 Å². The first-order chi connectivity index (χ1) is 9.63. The average molecular weight is 336 g/mol. The molecule has 0 saturated heterocycles. The molecule has 0 aromatic heterocycles. The number of rotatable bonds is 4. The van der Waals surface area contributed by atoms with Crippen LogP contribution < -0.4 is 14.8 Å². The lowest BCUT2D eigenvalue weighted by Gasteiger charge is -2.11. The molecule has 0 aliphatic carbocycles. The predicted molar refractivity (Wildman–Crippen MR) is 81.6 cm³/mol. The quantitative estimate of drug-likeness (QED) is 0.926. The summed E-state index contributed by atoms with van der Waals surface area (Å²) in [5.41, 5.74) is 1.13. The van der Waals surface area contributed by atoms with Crippen LogP contribution in [0.25, 0.3) is 0 Å². The Bertz CT molecular complexity index is 628. The minimum Gasteiger partial charge on any atom is -0.497 e. The number of nitrogens with one attached hydrogen (secondary N) is 1. The van der Waals surface area contributed by atoms with Crippen molar-refractivity contribution in [2.45, 2.75) is 0 Å². The van der Waals surface area contributed by atoms with Crippen molar-refractivity contribution in [1.82, 2.24) is 0 Å². The van der Waals surface area contributed by atoms with Crippen LogP contribution in [-0.2, 0) is 0 Å². The zero-order chi connectivity index (χ0) is 14.5. The van der Waals surface area contributed by atoms with Gasteiger partial charge in [0.05, 0.1) is 19.9 Å². The van der Waals surface area contributed by atoms with E-state index in [1.807, 2.05) is 6.07 Å². The van der Waals surface area contributed by atoms with Crippen molar-refractivity contribution in [3.8, 4) is 11.5 Å². The number of amides is 1. The second-order valence-electron chi connectivity index (χ2n) is 4.03. The number of hydrogen-bond donors (Lipinski definition) is 1. The summed E-state index contributed by atoms with van der Waals surface area (Å²) in [5.74, 6) is 1.02. The normalized spacial score (nSPS) is 9.95. The van der Waals surface area contributed by atoms with Gasteiger partial charge in [-0.25, -0.2) is 0 Å². The number of anilines is 1. The Balaban J connectivity index is 2.25. The SMILES string of the molecule is COc1cccc(C(=O)Nc2cc(Br)ccc2OC)c1. The van der Waals surface area contributed by atoms with Crippen molar-refractivity contribution in [3.63, 3.8) is 0 Å². The molecule has 0 aliphatic rings. The molecule has 0 bridgehead atoms. The van der Waals surface area contributed by atoms with Gasteiger partial charge in [0.1, 0.15) is 11.5 Å². The molecular formula is C15H14BrNO3. The fourth-order valence-corrected chi connectivity index (χ4v) is 2.10. The maximum absolute atomic E-state index is 12.2. The second kappa shape index (κ2) is 6.43. The van der Waals surface area contributed by atoms with Gasteiger partial charge >= 0.3 is 0 Å². The molecule has 0 fully saturated rings. The second-order valence-corrected chi connectivity index (χ2v) is 4.95. The summed E-state index contributed by atoms with van der Waals surface area (Å²) in [6.45, 7) is 0. The maximum Gasteiger partial charge on any atom is 0.255 e. The van der Waals surface area contributed by atoms with Gasteiger partial charge in [0.25, 0.3) is 5.91 Å². The summed E-state index contributed by atoms with van der Waals surface area (Å²) in [5, 5.41) is 2.82. The van der Waals surface area contributed by atoms with E-state index in [-0.39, 0.29) is 5.91 Å². The first-order valence-electron chi connectivity index (χ1n) is 5.93. The van der Waals surface area contributed by atoms with Crippen molar-refractivity contribution < 1.29 is 14.3 Å². The lowest BCUT2D eigenvalue weighted by molar-refractivity contribution is 0.102. The number of carbonyl (C=O) groups excluding carboxylic acids is 1. The number of ether oxygens (including phenoxy) is 2. The van der Waals surface area contributed by atoms with E-state index >= 15 is 0 Å². The third-order valence-corrected chi connectivity index (χ3v) is 3.23. The van der Waals surface area contributed by atoms with Crippen LogP contribution in [0.1, 0.15) is 10.4 Å². The summed E-state index contributed by atoms with van der Waals surface area (Å²) in [6.07, 6.45) is 0. The van der Waals surface area contributed by atoms with Gasteiger partial charge in [-0.15, -0.1) is 0 Å². The first kappa shape index (κ1) is 14.4. The minimum absolute atomic E-state index is 0.222. The number of benzene rings is 2. The molecule has 2 aromatic rings. The van der Waals surface area contributed by atoms with Crippen LogP contribution in [0.5, 0.6) is 11.5 Å². The zero-order valence-corrected chi connectivity index (χ0v) is 12.7. The molecule has 0 heterocycles. The number of carbonyl (C=O) groups is 1. The van der Waals surface area contributed by atoms with E-state index in [2.05, 4.69) is 21.2 Å². The highest BCUT2D eigenvalue weighted by atomic mass is 79.9. The van der Waals surface area contributed by atoms with Crippen LogP contribution in [0.4, 0.5) is 5.69 Å². The molecule has 0 spiro atoms. The van der Waals surface area contributed by atoms with Gasteiger partial charge in [0, 0.05) is 10.0 Å². The highest BCUT2D eigenvalue weighted by molar-refractivity contribution is 9.10. The van der Waals surface area contributed by atoms with Gasteiger partial charge in [-0.3, -0.25) is 4.79 Å². The molecule has 0 aliphatic heterocycles. The molecule has 104 valence electrons. The van der Waals surface area contributed by atoms with Crippen LogP contribution in [-0.4, -0.2) is 20.1 Å². The van der Waals surface area contributed by atoms with E-state index in [0.717, 1.165) is 4.47 Å². The smallest absolute Gasteiger partial charge is 0.255 e. The molecule has 0 unspecified atom stereocenters. The minimum atomic E-state index is -0.222. The fraction of sp³-hybridized carbons (Fsp3) is 0.133. The van der Waals surface area contributed by atoms with E-state index in [4.69, 9.17) is 9.47 Å². The highest BCUT2D eigenvalue weighted by Gasteiger charge is 2.10. The Morgan fingerprint density at radius 1 is 1.10 bits per heavy atom. The van der Waals surface area contributed by atoms with E-state index in [1.54, 1.807) is 50.6 Å². The van der Waals surface area contributed by atoms with Crippen molar-refractivity contribution in [3.05, 3.63) is 52.5 Å². The van der Waals surface area contributed by atoms with Gasteiger partial charge in [-0.2, -0.15) is 0 Å². The Labute approximate surface area is 125 Å². The third kappa shape index (κ3) is 3.30. The van der Waals surface area contributed by atoms with Gasteiger partial charge in [-0.05, 0) is 36.4 Å². The Morgan fingerprint density at radius 2 is 1.90 bits per heavy atom. The molecular weight excluding hydrogens is 322 g/mol. The van der Waals surface area contributed by atoms with Crippen LogP contribution in [0.2, 0.25) is 0 Å². The van der Waals surface area contributed by atoms with Gasteiger partial charge < -0.3 is 14.8 Å². The van der Waals surface area contributed by atoms with Gasteiger partial charge in [-0.1, -0.05) is 22.0 Å². The molecule has 1 amide bonds. The van der Waals surface area contributed by atoms with Gasteiger partial charge in [0.15, 0.2) is 0 Å². The summed E-state index contributed by atoms with van der Waals surface area (Å²) in [6, 6.07) is 12.4. The Hall–Kier alpha value is -2.01. The maximum atomic E-state index is 12.2. The van der Waals surface area contributed by atoms with E-state index in [0.29, 0.717) is 22.7 Å². The fourth-order valence-electron chi connectivity index (χ4n) is 1.74. The van der Waals surface area contributed by atoms with E-state index in [1.165, 1.54) is 0 Å². The van der Waals surface area contributed by atoms with Crippen molar-refractivity contribution >= 4 is 27.5 Å². The number of methoxy groups -OCH3 is 2. The summed E-state index contributed by atoms with van der Waals surface area (Å²) < 4.78 is 11.2. The van der Waals surface area contributed by atoms with Crippen LogP contribution in [0.3, 0.4) is 0 Å². The lowest BCUT2D eigenvalue weighted by Crippen LogP contribution is -2.12. The summed E-state index contributed by atoms with van der Waals surface area (Å²) in [4.78, 5) is 12.2. The monoisotopic (exact) mass is 335 g/mol. The third-order valence-electron chi connectivity index (χ3n) is 2.74. The average Bonchev–Trinajstić information content (AvgIpc) is 2.47. The van der Waals surface area contributed by atoms with Crippen molar-refractivity contribution in [1.29, 1.82) is 0 Å². The summed E-state index contributed by atoms with van der Waals surface area (Å²) in [7, 11) is 3.12. The van der Waals surface area contributed by atoms with Crippen LogP contribution in [0.15, 0.2) is 46.9 Å². The Morgan fingerprint density at radius 3 is 2.60 bits per heavy atom.